The predicted molar refractivity (Wildman–Crippen MR) is 144 cm³/mol. The van der Waals surface area contributed by atoms with Gasteiger partial charge in [-0.05, 0) is 53.6 Å². The maximum absolute atomic E-state index is 14.3. The second-order valence-corrected chi connectivity index (χ2v) is 9.21. The van der Waals surface area contributed by atoms with E-state index in [-0.39, 0.29) is 11.3 Å². The highest BCUT2D eigenvalue weighted by Gasteiger charge is 2.19. The first-order valence-corrected chi connectivity index (χ1v) is 12.0. The number of halogens is 1. The molecule has 0 aliphatic heterocycles. The molecule has 38 heavy (non-hydrogen) atoms. The summed E-state index contributed by atoms with van der Waals surface area (Å²) in [6.45, 7) is 0. The number of benzene rings is 3. The molecule has 6 aromatic rings. The van der Waals surface area contributed by atoms with Crippen LogP contribution in [0.1, 0.15) is 10.4 Å². The molecule has 1 amide bonds. The number of hydrogen-bond acceptors (Lipinski definition) is 4. The van der Waals surface area contributed by atoms with Crippen LogP contribution in [0.25, 0.3) is 50.4 Å². The average molecular weight is 510 g/mol. The molecule has 10 heteroatoms. The van der Waals surface area contributed by atoms with E-state index in [2.05, 4.69) is 10.3 Å². The number of aryl methyl sites for hydroxylation is 3. The lowest BCUT2D eigenvalue weighted by atomic mass is 10.0. The molecule has 9 nitrogen and oxygen atoms in total. The van der Waals surface area contributed by atoms with Gasteiger partial charge in [0.15, 0.2) is 5.82 Å². The molecule has 0 fully saturated rings. The Kier molecular flexibility index (Phi) is 5.27. The molecule has 1 N–H and O–H groups in total. The second-order valence-electron chi connectivity index (χ2n) is 9.21. The second kappa shape index (κ2) is 8.55. The fraction of sp³-hybridized carbons (Fsp3) is 0.143. The minimum absolute atomic E-state index is 0.0204. The lowest BCUT2D eigenvalue weighted by Crippen LogP contribution is -2.19. The maximum Gasteiger partial charge on any atom is 0.328 e. The quantitative estimate of drug-likeness (QED) is 0.392. The molecule has 3 aromatic heterocycles. The van der Waals surface area contributed by atoms with Gasteiger partial charge in [0.2, 0.25) is 0 Å². The van der Waals surface area contributed by atoms with Gasteiger partial charge in [0.1, 0.15) is 11.5 Å². The molecule has 0 spiro atoms. The SMILES string of the molecule is CNC(=O)c1cc(-c2ccc3c(c2)nc(-c2cncn2C)n3-c2ccc3c(c2)n(C)c(=O)n3C)ccc1F. The third-order valence-corrected chi connectivity index (χ3v) is 6.99. The number of carbonyl (C=O) groups excluding carboxylic acids is 1. The molecule has 0 saturated heterocycles. The van der Waals surface area contributed by atoms with Gasteiger partial charge in [-0.3, -0.25) is 18.5 Å². The Hall–Kier alpha value is -4.99. The number of nitrogens with one attached hydrogen (secondary N) is 1. The smallest absolute Gasteiger partial charge is 0.328 e. The summed E-state index contributed by atoms with van der Waals surface area (Å²) < 4.78 is 21.4. The molecule has 0 bridgehead atoms. The molecular weight excluding hydrogens is 485 g/mol. The molecule has 0 saturated carbocycles. The lowest BCUT2D eigenvalue weighted by molar-refractivity contribution is 0.0959. The van der Waals surface area contributed by atoms with Crippen LogP contribution in [0.4, 0.5) is 4.39 Å². The van der Waals surface area contributed by atoms with E-state index >= 15 is 0 Å². The van der Waals surface area contributed by atoms with Crippen molar-refractivity contribution in [3.05, 3.63) is 89.0 Å². The lowest BCUT2D eigenvalue weighted by Gasteiger charge is -2.11. The van der Waals surface area contributed by atoms with E-state index in [0.717, 1.165) is 33.5 Å². The van der Waals surface area contributed by atoms with Crippen LogP contribution in [0.3, 0.4) is 0 Å². The largest absolute Gasteiger partial charge is 0.355 e. The van der Waals surface area contributed by atoms with Crippen LogP contribution >= 0.6 is 0 Å². The molecule has 3 heterocycles. The summed E-state index contributed by atoms with van der Waals surface area (Å²) in [6.07, 6.45) is 3.47. The van der Waals surface area contributed by atoms with Crippen LogP contribution in [-0.4, -0.2) is 41.2 Å². The number of fused-ring (bicyclic) bond motifs is 2. The molecular formula is C28H24FN7O2. The van der Waals surface area contributed by atoms with E-state index in [1.807, 2.05) is 52.6 Å². The molecule has 0 aliphatic carbocycles. The molecule has 6 rings (SSSR count). The average Bonchev–Trinajstić information content (AvgIpc) is 3.58. The number of carbonyl (C=O) groups is 1. The van der Waals surface area contributed by atoms with Gasteiger partial charge in [0, 0.05) is 33.9 Å². The standard InChI is InChI=1S/C28H24FN7O2/c1-30-27(37)19-11-16(5-8-20(19)29)17-6-9-22-21(12-17)32-26(25-14-31-15-33(25)2)36(22)18-7-10-23-24(13-18)35(4)28(38)34(23)3/h5-15H,1-4H3,(H,30,37). The number of imidazole rings is 3. The van der Waals surface area contributed by atoms with Gasteiger partial charge in [-0.25, -0.2) is 19.2 Å². The van der Waals surface area contributed by atoms with Crippen molar-refractivity contribution in [3.63, 3.8) is 0 Å². The third-order valence-electron chi connectivity index (χ3n) is 6.99. The maximum atomic E-state index is 14.3. The van der Waals surface area contributed by atoms with Gasteiger partial charge in [-0.1, -0.05) is 12.1 Å². The summed E-state index contributed by atoms with van der Waals surface area (Å²) in [5, 5.41) is 2.48. The normalized spacial score (nSPS) is 11.5. The minimum Gasteiger partial charge on any atom is -0.355 e. The zero-order valence-electron chi connectivity index (χ0n) is 21.2. The highest BCUT2D eigenvalue weighted by molar-refractivity contribution is 5.96. The van der Waals surface area contributed by atoms with Gasteiger partial charge >= 0.3 is 5.69 Å². The van der Waals surface area contributed by atoms with E-state index in [1.165, 1.54) is 19.2 Å². The number of rotatable bonds is 4. The van der Waals surface area contributed by atoms with Crippen molar-refractivity contribution >= 4 is 28.0 Å². The zero-order chi connectivity index (χ0) is 26.7. The van der Waals surface area contributed by atoms with Gasteiger partial charge in [-0.2, -0.15) is 0 Å². The monoisotopic (exact) mass is 509 g/mol. The van der Waals surface area contributed by atoms with E-state index in [4.69, 9.17) is 4.98 Å². The van der Waals surface area contributed by atoms with Gasteiger partial charge < -0.3 is 9.88 Å². The summed E-state index contributed by atoms with van der Waals surface area (Å²) in [5.74, 6) is -0.385. The Morgan fingerprint density at radius 1 is 0.895 bits per heavy atom. The summed E-state index contributed by atoms with van der Waals surface area (Å²) in [4.78, 5) is 33.9. The van der Waals surface area contributed by atoms with Gasteiger partial charge in [0.05, 0.1) is 40.2 Å². The fourth-order valence-electron chi connectivity index (χ4n) is 4.91. The fourth-order valence-corrected chi connectivity index (χ4v) is 4.91. The zero-order valence-corrected chi connectivity index (χ0v) is 21.2. The Labute approximate surface area is 216 Å². The first kappa shape index (κ1) is 23.4. The Morgan fingerprint density at radius 2 is 1.61 bits per heavy atom. The minimum atomic E-state index is -0.581. The molecule has 3 aromatic carbocycles. The molecule has 0 aliphatic rings. The van der Waals surface area contributed by atoms with Gasteiger partial charge in [0.25, 0.3) is 5.91 Å². The van der Waals surface area contributed by atoms with Crippen LogP contribution < -0.4 is 11.0 Å². The summed E-state index contributed by atoms with van der Waals surface area (Å²) in [6, 6.07) is 16.1. The highest BCUT2D eigenvalue weighted by Crippen LogP contribution is 2.32. The predicted octanol–water partition coefficient (Wildman–Crippen LogP) is 3.78. The topological polar surface area (TPSA) is 91.7 Å². The van der Waals surface area contributed by atoms with Crippen molar-refractivity contribution in [2.45, 2.75) is 0 Å². The molecule has 0 atom stereocenters. The van der Waals surface area contributed by atoms with E-state index in [0.29, 0.717) is 16.9 Å². The van der Waals surface area contributed by atoms with Crippen molar-refractivity contribution in [1.82, 2.24) is 33.6 Å². The Bertz CT molecular complexity index is 1960. The number of aromatic nitrogens is 6. The van der Waals surface area contributed by atoms with Crippen LogP contribution in [-0.2, 0) is 21.1 Å². The van der Waals surface area contributed by atoms with Crippen molar-refractivity contribution in [1.29, 1.82) is 0 Å². The van der Waals surface area contributed by atoms with E-state index < -0.39 is 11.7 Å². The summed E-state index contributed by atoms with van der Waals surface area (Å²) >= 11 is 0. The number of hydrogen-bond donors (Lipinski definition) is 1. The van der Waals surface area contributed by atoms with Crippen molar-refractivity contribution < 1.29 is 9.18 Å². The van der Waals surface area contributed by atoms with Crippen LogP contribution in [0.15, 0.2) is 71.9 Å². The van der Waals surface area contributed by atoms with E-state index in [9.17, 15) is 14.0 Å². The van der Waals surface area contributed by atoms with Crippen LogP contribution in [0.2, 0.25) is 0 Å². The first-order chi connectivity index (χ1) is 18.3. The van der Waals surface area contributed by atoms with Crippen molar-refractivity contribution in [3.8, 4) is 28.3 Å². The Balaban J connectivity index is 1.58. The summed E-state index contributed by atoms with van der Waals surface area (Å²) in [5.41, 5.74) is 6.23. The first-order valence-electron chi connectivity index (χ1n) is 12.0. The van der Waals surface area contributed by atoms with E-state index in [1.54, 1.807) is 41.8 Å². The Morgan fingerprint density at radius 3 is 2.34 bits per heavy atom. The number of amides is 1. The molecule has 0 radical (unpaired) electrons. The van der Waals surface area contributed by atoms with Crippen LogP contribution in [0, 0.1) is 5.82 Å². The van der Waals surface area contributed by atoms with Crippen molar-refractivity contribution in [2.75, 3.05) is 7.05 Å². The van der Waals surface area contributed by atoms with Crippen molar-refractivity contribution in [2.24, 2.45) is 21.1 Å². The summed E-state index contributed by atoms with van der Waals surface area (Å²) in [7, 11) is 6.88. The van der Waals surface area contributed by atoms with Gasteiger partial charge in [-0.15, -0.1) is 0 Å². The third kappa shape index (κ3) is 3.45. The molecule has 0 unspecified atom stereocenters. The molecule has 190 valence electrons. The highest BCUT2D eigenvalue weighted by atomic mass is 19.1. The number of nitrogens with zero attached hydrogens (tertiary/aromatic N) is 6. The van der Waals surface area contributed by atoms with Crippen LogP contribution in [0.5, 0.6) is 0 Å².